The highest BCUT2D eigenvalue weighted by Gasteiger charge is 2.44. The van der Waals surface area contributed by atoms with Gasteiger partial charge in [-0.2, -0.15) is 0 Å². The Labute approximate surface area is 149 Å². The lowest BCUT2D eigenvalue weighted by atomic mass is 9.73. The van der Waals surface area contributed by atoms with Gasteiger partial charge in [0.25, 0.3) is 5.91 Å². The summed E-state index contributed by atoms with van der Waals surface area (Å²) in [6, 6.07) is 7.10. The van der Waals surface area contributed by atoms with Crippen LogP contribution in [0.25, 0.3) is 0 Å². The summed E-state index contributed by atoms with van der Waals surface area (Å²) in [5.41, 5.74) is -0.344. The summed E-state index contributed by atoms with van der Waals surface area (Å²) in [5, 5.41) is 20.5. The summed E-state index contributed by atoms with van der Waals surface area (Å²) in [4.78, 5) is 17.7. The van der Waals surface area contributed by atoms with E-state index in [2.05, 4.69) is 4.98 Å². The molecule has 0 aliphatic carbocycles. The maximum atomic E-state index is 13.9. The lowest BCUT2D eigenvalue weighted by Crippen LogP contribution is -2.56. The van der Waals surface area contributed by atoms with Gasteiger partial charge in [-0.25, -0.2) is 8.78 Å². The van der Waals surface area contributed by atoms with Crippen molar-refractivity contribution in [3.63, 3.8) is 0 Å². The van der Waals surface area contributed by atoms with Crippen LogP contribution in [0, 0.1) is 17.0 Å². The first-order chi connectivity index (χ1) is 12.4. The average Bonchev–Trinajstić information content (AvgIpc) is 2.65. The zero-order valence-electron chi connectivity index (χ0n) is 14.1. The molecule has 1 aromatic carbocycles. The SMILES string of the molecule is O=C(c1ccncc1F)N1CC[C@H](O)[C@@](CO)(Cc2ccc(F)cc2)C1. The number of carbonyl (C=O) groups is 1. The molecule has 0 bridgehead atoms. The molecule has 1 saturated heterocycles. The average molecular weight is 362 g/mol. The van der Waals surface area contributed by atoms with E-state index in [9.17, 15) is 23.8 Å². The topological polar surface area (TPSA) is 73.7 Å². The standard InChI is InChI=1S/C19H20F2N2O3/c20-14-3-1-13(2-4-14)9-19(12-24)11-23(8-6-17(19)25)18(26)15-5-7-22-10-16(15)21/h1-5,7,10,17,24-25H,6,8-9,11-12H2/t17-,19-/m0/s1. The number of aromatic nitrogens is 1. The fraction of sp³-hybridized carbons (Fsp3) is 0.368. The lowest BCUT2D eigenvalue weighted by molar-refractivity contribution is -0.0669. The number of likely N-dealkylation sites (tertiary alicyclic amines) is 1. The molecule has 2 atom stereocenters. The fourth-order valence-electron chi connectivity index (χ4n) is 3.43. The molecule has 0 spiro atoms. The van der Waals surface area contributed by atoms with Gasteiger partial charge in [0, 0.05) is 24.7 Å². The first-order valence-electron chi connectivity index (χ1n) is 8.37. The smallest absolute Gasteiger partial charge is 0.256 e. The van der Waals surface area contributed by atoms with Gasteiger partial charge in [-0.3, -0.25) is 9.78 Å². The number of halogens is 2. The van der Waals surface area contributed by atoms with Crippen molar-refractivity contribution in [1.29, 1.82) is 0 Å². The highest BCUT2D eigenvalue weighted by molar-refractivity contribution is 5.94. The number of pyridine rings is 1. The van der Waals surface area contributed by atoms with Crippen LogP contribution in [0.5, 0.6) is 0 Å². The second-order valence-corrected chi connectivity index (χ2v) is 6.71. The van der Waals surface area contributed by atoms with Crippen LogP contribution in [0.15, 0.2) is 42.7 Å². The van der Waals surface area contributed by atoms with Crippen LogP contribution in [-0.2, 0) is 6.42 Å². The number of aliphatic hydroxyl groups excluding tert-OH is 2. The predicted octanol–water partition coefficient (Wildman–Crippen LogP) is 1.79. The van der Waals surface area contributed by atoms with Crippen LogP contribution < -0.4 is 0 Å². The van der Waals surface area contributed by atoms with E-state index < -0.39 is 23.2 Å². The molecule has 1 aromatic heterocycles. The molecule has 1 aliphatic heterocycles. The summed E-state index contributed by atoms with van der Waals surface area (Å²) in [7, 11) is 0. The van der Waals surface area contributed by atoms with Gasteiger partial charge in [-0.15, -0.1) is 0 Å². The molecule has 1 fully saturated rings. The maximum absolute atomic E-state index is 13.9. The maximum Gasteiger partial charge on any atom is 0.256 e. The molecule has 0 unspecified atom stereocenters. The molecule has 2 aromatic rings. The van der Waals surface area contributed by atoms with E-state index in [1.165, 1.54) is 29.3 Å². The number of aliphatic hydroxyl groups is 2. The van der Waals surface area contributed by atoms with Crippen LogP contribution in [-0.4, -0.2) is 51.8 Å². The Morgan fingerprint density at radius 2 is 2.00 bits per heavy atom. The van der Waals surface area contributed by atoms with Crippen molar-refractivity contribution in [3.8, 4) is 0 Å². The second-order valence-electron chi connectivity index (χ2n) is 6.71. The molecule has 3 rings (SSSR count). The number of amides is 1. The van der Waals surface area contributed by atoms with Gasteiger partial charge in [0.2, 0.25) is 0 Å². The van der Waals surface area contributed by atoms with Crippen molar-refractivity contribution < 1.29 is 23.8 Å². The Kier molecular flexibility index (Phi) is 5.29. The number of hydrogen-bond donors (Lipinski definition) is 2. The molecule has 1 aliphatic rings. The third kappa shape index (κ3) is 3.59. The minimum atomic E-state index is -0.991. The zero-order valence-corrected chi connectivity index (χ0v) is 14.1. The molecule has 2 heterocycles. The van der Waals surface area contributed by atoms with Gasteiger partial charge >= 0.3 is 0 Å². The normalized spacial score (nSPS) is 23.1. The number of nitrogens with zero attached hydrogens (tertiary/aromatic N) is 2. The van der Waals surface area contributed by atoms with Crippen molar-refractivity contribution in [2.45, 2.75) is 18.9 Å². The molecule has 0 saturated carbocycles. The van der Waals surface area contributed by atoms with Crippen LogP contribution >= 0.6 is 0 Å². The van der Waals surface area contributed by atoms with E-state index >= 15 is 0 Å². The number of piperidine rings is 1. The lowest BCUT2D eigenvalue weighted by Gasteiger charge is -2.45. The first-order valence-corrected chi connectivity index (χ1v) is 8.37. The van der Waals surface area contributed by atoms with Crippen molar-refractivity contribution >= 4 is 5.91 Å². The largest absolute Gasteiger partial charge is 0.396 e. The van der Waals surface area contributed by atoms with Gasteiger partial charge < -0.3 is 15.1 Å². The number of carbonyl (C=O) groups excluding carboxylic acids is 1. The Hall–Kier alpha value is -2.38. The molecular formula is C19H20F2N2O3. The Balaban J connectivity index is 1.84. The van der Waals surface area contributed by atoms with E-state index in [1.54, 1.807) is 12.1 Å². The number of rotatable bonds is 4. The third-order valence-electron chi connectivity index (χ3n) is 4.96. The van der Waals surface area contributed by atoms with Crippen molar-refractivity contribution in [3.05, 3.63) is 65.5 Å². The fourth-order valence-corrected chi connectivity index (χ4v) is 3.43. The van der Waals surface area contributed by atoms with Gasteiger partial charge in [-0.1, -0.05) is 12.1 Å². The first kappa shape index (κ1) is 18.4. The van der Waals surface area contributed by atoms with E-state index in [-0.39, 0.29) is 43.9 Å². The molecule has 1 amide bonds. The minimum Gasteiger partial charge on any atom is -0.396 e. The monoisotopic (exact) mass is 362 g/mol. The summed E-state index contributed by atoms with van der Waals surface area (Å²) in [6.07, 6.45) is 2.02. The molecule has 5 nitrogen and oxygen atoms in total. The van der Waals surface area contributed by atoms with Crippen molar-refractivity contribution in [2.24, 2.45) is 5.41 Å². The molecule has 138 valence electrons. The number of hydrogen-bond acceptors (Lipinski definition) is 4. The van der Waals surface area contributed by atoms with Gasteiger partial charge in [0.05, 0.1) is 24.5 Å². The van der Waals surface area contributed by atoms with E-state index in [1.807, 2.05) is 0 Å². The van der Waals surface area contributed by atoms with Gasteiger partial charge in [0.15, 0.2) is 5.82 Å². The van der Waals surface area contributed by atoms with Crippen LogP contribution in [0.1, 0.15) is 22.3 Å². The van der Waals surface area contributed by atoms with E-state index in [4.69, 9.17) is 0 Å². The van der Waals surface area contributed by atoms with Crippen molar-refractivity contribution in [2.75, 3.05) is 19.7 Å². The minimum absolute atomic E-state index is 0.0721. The Morgan fingerprint density at radius 3 is 2.65 bits per heavy atom. The molecule has 0 radical (unpaired) electrons. The molecular weight excluding hydrogens is 342 g/mol. The molecule has 7 heteroatoms. The summed E-state index contributed by atoms with van der Waals surface area (Å²) < 4.78 is 27.0. The summed E-state index contributed by atoms with van der Waals surface area (Å²) >= 11 is 0. The van der Waals surface area contributed by atoms with Crippen LogP contribution in [0.4, 0.5) is 8.78 Å². The van der Waals surface area contributed by atoms with Crippen LogP contribution in [0.2, 0.25) is 0 Å². The van der Waals surface area contributed by atoms with E-state index in [0.29, 0.717) is 0 Å². The zero-order chi connectivity index (χ0) is 18.7. The summed E-state index contributed by atoms with van der Waals surface area (Å²) in [5.74, 6) is -1.59. The molecule has 26 heavy (non-hydrogen) atoms. The second kappa shape index (κ2) is 7.47. The molecule has 2 N–H and O–H groups in total. The van der Waals surface area contributed by atoms with Crippen molar-refractivity contribution in [1.82, 2.24) is 9.88 Å². The number of benzene rings is 1. The highest BCUT2D eigenvalue weighted by atomic mass is 19.1. The predicted molar refractivity (Wildman–Crippen MR) is 90.3 cm³/mol. The third-order valence-corrected chi connectivity index (χ3v) is 4.96. The van der Waals surface area contributed by atoms with Gasteiger partial charge in [-0.05, 0) is 36.6 Å². The Bertz CT molecular complexity index is 785. The van der Waals surface area contributed by atoms with Gasteiger partial charge in [0.1, 0.15) is 5.82 Å². The summed E-state index contributed by atoms with van der Waals surface area (Å²) in [6.45, 7) is -0.0241. The quantitative estimate of drug-likeness (QED) is 0.870. The highest BCUT2D eigenvalue weighted by Crippen LogP contribution is 2.34. The van der Waals surface area contributed by atoms with E-state index in [0.717, 1.165) is 11.8 Å². The van der Waals surface area contributed by atoms with Crippen LogP contribution in [0.3, 0.4) is 0 Å². The Morgan fingerprint density at radius 1 is 1.27 bits per heavy atom.